The number of pyridine rings is 1. The van der Waals surface area contributed by atoms with Crippen molar-refractivity contribution in [2.45, 2.75) is 6.54 Å². The minimum atomic E-state index is -0.374. The first-order valence-electron chi connectivity index (χ1n) is 7.37. The van der Waals surface area contributed by atoms with Crippen molar-refractivity contribution in [3.63, 3.8) is 0 Å². The van der Waals surface area contributed by atoms with Crippen molar-refractivity contribution in [3.8, 4) is 0 Å². The standard InChI is InChI=1S/C17H18ClN3O3/c1-24-10-9-19-16(22)14-7-4-8-15(21-14)17(23)20-11-12-5-2-3-6-13(12)18/h2-8H,9-11H2,1H3,(H,19,22)(H,20,23). The zero-order chi connectivity index (χ0) is 17.4. The molecule has 1 aromatic heterocycles. The summed E-state index contributed by atoms with van der Waals surface area (Å²) in [5.74, 6) is -0.728. The zero-order valence-electron chi connectivity index (χ0n) is 13.2. The van der Waals surface area contributed by atoms with Gasteiger partial charge in [0.1, 0.15) is 11.4 Å². The Labute approximate surface area is 145 Å². The molecule has 2 rings (SSSR count). The number of hydrogen-bond donors (Lipinski definition) is 2. The minimum Gasteiger partial charge on any atom is -0.383 e. The monoisotopic (exact) mass is 347 g/mol. The van der Waals surface area contributed by atoms with Crippen molar-refractivity contribution in [3.05, 3.63) is 64.4 Å². The van der Waals surface area contributed by atoms with Crippen LogP contribution < -0.4 is 10.6 Å². The molecule has 0 atom stereocenters. The van der Waals surface area contributed by atoms with Gasteiger partial charge in [0.15, 0.2) is 0 Å². The second-order valence-electron chi connectivity index (χ2n) is 4.93. The first-order valence-corrected chi connectivity index (χ1v) is 7.75. The van der Waals surface area contributed by atoms with E-state index in [2.05, 4.69) is 15.6 Å². The number of carbonyl (C=O) groups is 2. The highest BCUT2D eigenvalue weighted by Gasteiger charge is 2.12. The molecular weight excluding hydrogens is 330 g/mol. The molecule has 126 valence electrons. The fraction of sp³-hybridized carbons (Fsp3) is 0.235. The highest BCUT2D eigenvalue weighted by atomic mass is 35.5. The van der Waals surface area contributed by atoms with Crippen LogP contribution in [0, 0.1) is 0 Å². The predicted molar refractivity (Wildman–Crippen MR) is 91.1 cm³/mol. The van der Waals surface area contributed by atoms with Gasteiger partial charge in [-0.05, 0) is 23.8 Å². The average molecular weight is 348 g/mol. The molecule has 2 amide bonds. The number of carbonyl (C=O) groups excluding carboxylic acids is 2. The van der Waals surface area contributed by atoms with E-state index in [9.17, 15) is 9.59 Å². The van der Waals surface area contributed by atoms with E-state index in [1.165, 1.54) is 0 Å². The molecule has 0 spiro atoms. The van der Waals surface area contributed by atoms with Gasteiger partial charge in [-0.1, -0.05) is 35.9 Å². The quantitative estimate of drug-likeness (QED) is 0.751. The van der Waals surface area contributed by atoms with Gasteiger partial charge in [-0.2, -0.15) is 0 Å². The van der Waals surface area contributed by atoms with E-state index in [-0.39, 0.29) is 29.7 Å². The molecule has 0 fully saturated rings. The summed E-state index contributed by atoms with van der Waals surface area (Å²) in [7, 11) is 1.55. The van der Waals surface area contributed by atoms with E-state index in [0.717, 1.165) is 5.56 Å². The van der Waals surface area contributed by atoms with Crippen LogP contribution in [-0.4, -0.2) is 37.1 Å². The molecule has 0 aliphatic heterocycles. The van der Waals surface area contributed by atoms with E-state index in [1.807, 2.05) is 18.2 Å². The Morgan fingerprint density at radius 3 is 2.38 bits per heavy atom. The van der Waals surface area contributed by atoms with Gasteiger partial charge in [-0.25, -0.2) is 4.98 Å². The minimum absolute atomic E-state index is 0.168. The number of halogens is 1. The smallest absolute Gasteiger partial charge is 0.270 e. The number of nitrogens with one attached hydrogen (secondary N) is 2. The summed E-state index contributed by atoms with van der Waals surface area (Å²) in [6.07, 6.45) is 0. The molecule has 2 aromatic rings. The van der Waals surface area contributed by atoms with Crippen LogP contribution in [0.3, 0.4) is 0 Å². The van der Waals surface area contributed by atoms with Crippen LogP contribution in [0.4, 0.5) is 0 Å². The van der Waals surface area contributed by atoms with Gasteiger partial charge in [0.05, 0.1) is 6.61 Å². The van der Waals surface area contributed by atoms with E-state index in [4.69, 9.17) is 16.3 Å². The van der Waals surface area contributed by atoms with Gasteiger partial charge in [0, 0.05) is 25.2 Å². The number of aromatic nitrogens is 1. The predicted octanol–water partition coefficient (Wildman–Crippen LogP) is 2.04. The highest BCUT2D eigenvalue weighted by Crippen LogP contribution is 2.14. The molecule has 0 unspecified atom stereocenters. The maximum absolute atomic E-state index is 12.2. The third kappa shape index (κ3) is 5.04. The maximum atomic E-state index is 12.2. The summed E-state index contributed by atoms with van der Waals surface area (Å²) >= 11 is 6.05. The number of rotatable bonds is 7. The second-order valence-corrected chi connectivity index (χ2v) is 5.34. The second kappa shape index (κ2) is 9.00. The SMILES string of the molecule is COCCNC(=O)c1cccc(C(=O)NCc2ccccc2Cl)n1. The number of amides is 2. The number of methoxy groups -OCH3 is 1. The van der Waals surface area contributed by atoms with Gasteiger partial charge in [-0.15, -0.1) is 0 Å². The third-order valence-electron chi connectivity index (χ3n) is 3.20. The van der Waals surface area contributed by atoms with Crippen molar-refractivity contribution in [1.29, 1.82) is 0 Å². The molecule has 6 nitrogen and oxygen atoms in total. The van der Waals surface area contributed by atoms with Crippen molar-refractivity contribution < 1.29 is 14.3 Å². The van der Waals surface area contributed by atoms with Crippen molar-refractivity contribution in [1.82, 2.24) is 15.6 Å². The Balaban J connectivity index is 1.98. The zero-order valence-corrected chi connectivity index (χ0v) is 14.0. The summed E-state index contributed by atoms with van der Waals surface area (Å²) in [6.45, 7) is 1.06. The van der Waals surface area contributed by atoms with Crippen LogP contribution >= 0.6 is 11.6 Å². The third-order valence-corrected chi connectivity index (χ3v) is 3.57. The van der Waals surface area contributed by atoms with Gasteiger partial charge in [0.25, 0.3) is 11.8 Å². The lowest BCUT2D eigenvalue weighted by Crippen LogP contribution is -2.29. The van der Waals surface area contributed by atoms with Gasteiger partial charge in [0.2, 0.25) is 0 Å². The Morgan fingerprint density at radius 2 is 1.71 bits per heavy atom. The Bertz CT molecular complexity index is 722. The molecule has 0 radical (unpaired) electrons. The molecule has 2 N–H and O–H groups in total. The van der Waals surface area contributed by atoms with E-state index >= 15 is 0 Å². The van der Waals surface area contributed by atoms with Gasteiger partial charge in [-0.3, -0.25) is 9.59 Å². The molecule has 1 heterocycles. The molecular formula is C17H18ClN3O3. The Morgan fingerprint density at radius 1 is 1.04 bits per heavy atom. The molecule has 0 aliphatic carbocycles. The van der Waals surface area contributed by atoms with E-state index < -0.39 is 0 Å². The number of ether oxygens (including phenoxy) is 1. The van der Waals surface area contributed by atoms with Crippen LogP contribution in [-0.2, 0) is 11.3 Å². The van der Waals surface area contributed by atoms with E-state index in [0.29, 0.717) is 18.2 Å². The van der Waals surface area contributed by atoms with Crippen LogP contribution in [0.2, 0.25) is 5.02 Å². The summed E-state index contributed by atoms with van der Waals surface area (Å²) in [5.41, 5.74) is 1.15. The van der Waals surface area contributed by atoms with Crippen LogP contribution in [0.5, 0.6) is 0 Å². The Hall–Kier alpha value is -2.44. The van der Waals surface area contributed by atoms with Crippen LogP contribution in [0.15, 0.2) is 42.5 Å². The first kappa shape index (κ1) is 17.9. The number of hydrogen-bond acceptors (Lipinski definition) is 4. The highest BCUT2D eigenvalue weighted by molar-refractivity contribution is 6.31. The van der Waals surface area contributed by atoms with E-state index in [1.54, 1.807) is 31.4 Å². The lowest BCUT2D eigenvalue weighted by molar-refractivity contribution is 0.0930. The van der Waals surface area contributed by atoms with Crippen molar-refractivity contribution >= 4 is 23.4 Å². The molecule has 0 saturated carbocycles. The topological polar surface area (TPSA) is 80.3 Å². The molecule has 1 aromatic carbocycles. The molecule has 24 heavy (non-hydrogen) atoms. The average Bonchev–Trinajstić information content (AvgIpc) is 2.61. The molecule has 7 heteroatoms. The fourth-order valence-corrected chi connectivity index (χ4v) is 2.16. The van der Waals surface area contributed by atoms with Crippen molar-refractivity contribution in [2.24, 2.45) is 0 Å². The largest absolute Gasteiger partial charge is 0.383 e. The molecule has 0 saturated heterocycles. The summed E-state index contributed by atoms with van der Waals surface area (Å²) < 4.78 is 4.86. The first-order chi connectivity index (χ1) is 11.6. The molecule has 0 aliphatic rings. The van der Waals surface area contributed by atoms with Crippen LogP contribution in [0.1, 0.15) is 26.5 Å². The molecule has 0 bridgehead atoms. The number of nitrogens with zero attached hydrogens (tertiary/aromatic N) is 1. The summed E-state index contributed by atoms with van der Waals surface area (Å²) in [6, 6.07) is 12.0. The normalized spacial score (nSPS) is 10.2. The summed E-state index contributed by atoms with van der Waals surface area (Å²) in [5, 5.41) is 5.97. The van der Waals surface area contributed by atoms with Gasteiger partial charge >= 0.3 is 0 Å². The maximum Gasteiger partial charge on any atom is 0.270 e. The van der Waals surface area contributed by atoms with Gasteiger partial charge < -0.3 is 15.4 Å². The fourth-order valence-electron chi connectivity index (χ4n) is 1.95. The lowest BCUT2D eigenvalue weighted by Gasteiger charge is -2.08. The van der Waals surface area contributed by atoms with Crippen LogP contribution in [0.25, 0.3) is 0 Å². The van der Waals surface area contributed by atoms with Crippen molar-refractivity contribution in [2.75, 3.05) is 20.3 Å². The summed E-state index contributed by atoms with van der Waals surface area (Å²) in [4.78, 5) is 28.2. The lowest BCUT2D eigenvalue weighted by atomic mass is 10.2. The number of benzene rings is 1. The Kier molecular flexibility index (Phi) is 6.72.